The molecular weight excluding hydrogens is 340 g/mol. The zero-order chi connectivity index (χ0) is 19.1. The summed E-state index contributed by atoms with van der Waals surface area (Å²) in [5, 5.41) is 18.2. The van der Waals surface area contributed by atoms with Crippen molar-refractivity contribution in [2.75, 3.05) is 0 Å². The minimum atomic E-state index is -0.897. The fourth-order valence-electron chi connectivity index (χ4n) is 2.86. The van der Waals surface area contributed by atoms with Crippen molar-refractivity contribution in [1.29, 1.82) is 0 Å². The summed E-state index contributed by atoms with van der Waals surface area (Å²) in [7, 11) is 0. The predicted molar refractivity (Wildman–Crippen MR) is 104 cm³/mol. The minimum Gasteiger partial charge on any atom is -0.508 e. The number of carboxylic acids is 1. The van der Waals surface area contributed by atoms with Crippen LogP contribution >= 0.6 is 0 Å². The number of phenols is 1. The molecular formula is C23H22O4. The van der Waals surface area contributed by atoms with Crippen LogP contribution in [-0.2, 0) is 19.4 Å². The highest BCUT2D eigenvalue weighted by atomic mass is 16.5. The molecule has 0 radical (unpaired) electrons. The molecule has 4 rings (SSSR count). The van der Waals surface area contributed by atoms with Gasteiger partial charge in [0, 0.05) is 5.56 Å². The van der Waals surface area contributed by atoms with Crippen molar-refractivity contribution in [3.05, 3.63) is 95.1 Å². The largest absolute Gasteiger partial charge is 0.508 e. The number of hydrogen-bond acceptors (Lipinski definition) is 3. The molecule has 0 spiro atoms. The Morgan fingerprint density at radius 1 is 0.889 bits per heavy atom. The second kappa shape index (κ2) is 8.90. The van der Waals surface area contributed by atoms with Gasteiger partial charge in [0.15, 0.2) is 0 Å². The number of hydrogen-bond donors (Lipinski definition) is 2. The summed E-state index contributed by atoms with van der Waals surface area (Å²) in [6.45, 7) is 0.802. The van der Waals surface area contributed by atoms with Gasteiger partial charge < -0.3 is 14.9 Å². The van der Waals surface area contributed by atoms with Crippen LogP contribution in [0.4, 0.5) is 0 Å². The summed E-state index contributed by atoms with van der Waals surface area (Å²) >= 11 is 0. The Kier molecular flexibility index (Phi) is 6.10. The number of rotatable bonds is 5. The van der Waals surface area contributed by atoms with Gasteiger partial charge in [0.2, 0.25) is 0 Å². The third-order valence-corrected chi connectivity index (χ3v) is 4.40. The maximum absolute atomic E-state index is 10.7. The molecule has 1 heterocycles. The van der Waals surface area contributed by atoms with Crippen LogP contribution in [0.1, 0.15) is 33.5 Å². The van der Waals surface area contributed by atoms with E-state index in [4.69, 9.17) is 9.84 Å². The SMILES string of the molecule is O=C(O)c1ccc(CCCc2cccc(O)c2)cc1.c1ccc2c(c1)CO2. The van der Waals surface area contributed by atoms with Crippen molar-refractivity contribution < 1.29 is 19.7 Å². The molecule has 0 saturated heterocycles. The average Bonchev–Trinajstić information content (AvgIpc) is 2.64. The summed E-state index contributed by atoms with van der Waals surface area (Å²) in [5.41, 5.74) is 3.89. The van der Waals surface area contributed by atoms with E-state index in [1.54, 1.807) is 24.3 Å². The zero-order valence-electron chi connectivity index (χ0n) is 15.0. The van der Waals surface area contributed by atoms with Crippen LogP contribution in [0.3, 0.4) is 0 Å². The molecule has 138 valence electrons. The molecule has 0 aliphatic carbocycles. The maximum Gasteiger partial charge on any atom is 0.335 e. The third kappa shape index (κ3) is 5.35. The topological polar surface area (TPSA) is 66.8 Å². The highest BCUT2D eigenvalue weighted by Crippen LogP contribution is 2.27. The summed E-state index contributed by atoms with van der Waals surface area (Å²) in [6, 6.07) is 22.3. The van der Waals surface area contributed by atoms with E-state index in [0.717, 1.165) is 42.7 Å². The monoisotopic (exact) mass is 362 g/mol. The van der Waals surface area contributed by atoms with E-state index in [1.165, 1.54) is 5.56 Å². The van der Waals surface area contributed by atoms with Gasteiger partial charge in [0.1, 0.15) is 18.1 Å². The van der Waals surface area contributed by atoms with Gasteiger partial charge in [-0.1, -0.05) is 42.5 Å². The Bertz CT molecular complexity index is 877. The van der Waals surface area contributed by atoms with Gasteiger partial charge in [0.05, 0.1) is 5.56 Å². The normalized spacial score (nSPS) is 11.3. The molecule has 4 heteroatoms. The molecule has 0 saturated carbocycles. The standard InChI is InChI=1S/C16H16O3.C7H6O/c17-15-6-2-5-13(11-15)4-1-3-12-7-9-14(10-8-12)16(18)19;1-2-4-7-6(3-1)5-8-7/h2,5-11,17H,1,3-4H2,(H,18,19);1-4H,5H2. The molecule has 0 atom stereocenters. The fourth-order valence-corrected chi connectivity index (χ4v) is 2.86. The first kappa shape index (κ1) is 18.5. The van der Waals surface area contributed by atoms with Crippen LogP contribution in [-0.4, -0.2) is 16.2 Å². The van der Waals surface area contributed by atoms with Crippen molar-refractivity contribution >= 4 is 5.97 Å². The Morgan fingerprint density at radius 3 is 2.19 bits per heavy atom. The molecule has 4 nitrogen and oxygen atoms in total. The van der Waals surface area contributed by atoms with Crippen LogP contribution in [0.5, 0.6) is 11.5 Å². The predicted octanol–water partition coefficient (Wildman–Crippen LogP) is 4.84. The number of aromatic carboxylic acids is 1. The van der Waals surface area contributed by atoms with Gasteiger partial charge >= 0.3 is 5.97 Å². The fraction of sp³-hybridized carbons (Fsp3) is 0.174. The molecule has 0 bridgehead atoms. The summed E-state index contributed by atoms with van der Waals surface area (Å²) in [6.07, 6.45) is 2.76. The lowest BCUT2D eigenvalue weighted by atomic mass is 10.0. The number of para-hydroxylation sites is 1. The summed E-state index contributed by atoms with van der Waals surface area (Å²) in [4.78, 5) is 10.7. The maximum atomic E-state index is 10.7. The molecule has 0 fully saturated rings. The number of phenolic OH excluding ortho intramolecular Hbond substituents is 1. The van der Waals surface area contributed by atoms with Crippen molar-refractivity contribution in [2.45, 2.75) is 25.9 Å². The zero-order valence-corrected chi connectivity index (χ0v) is 15.0. The number of ether oxygens (including phenoxy) is 1. The lowest BCUT2D eigenvalue weighted by molar-refractivity contribution is 0.0697. The Hall–Kier alpha value is -3.27. The smallest absolute Gasteiger partial charge is 0.335 e. The number of benzene rings is 3. The van der Waals surface area contributed by atoms with Gasteiger partial charge in [-0.05, 0) is 60.7 Å². The number of carbonyl (C=O) groups is 1. The van der Waals surface area contributed by atoms with E-state index in [2.05, 4.69) is 6.07 Å². The molecule has 3 aromatic carbocycles. The van der Waals surface area contributed by atoms with E-state index in [0.29, 0.717) is 11.3 Å². The van der Waals surface area contributed by atoms with Gasteiger partial charge in [-0.25, -0.2) is 4.79 Å². The van der Waals surface area contributed by atoms with Crippen molar-refractivity contribution in [3.8, 4) is 11.5 Å². The van der Waals surface area contributed by atoms with E-state index in [1.807, 2.05) is 42.5 Å². The minimum absolute atomic E-state index is 0.295. The molecule has 1 aliphatic rings. The number of carboxylic acid groups (broad SMARTS) is 1. The summed E-state index contributed by atoms with van der Waals surface area (Å²) in [5.74, 6) is 0.446. The van der Waals surface area contributed by atoms with Gasteiger partial charge in [-0.2, -0.15) is 0 Å². The van der Waals surface area contributed by atoms with Gasteiger partial charge in [-0.3, -0.25) is 0 Å². The second-order valence-electron chi connectivity index (χ2n) is 6.42. The van der Waals surface area contributed by atoms with Crippen molar-refractivity contribution in [3.63, 3.8) is 0 Å². The van der Waals surface area contributed by atoms with Crippen molar-refractivity contribution in [1.82, 2.24) is 0 Å². The molecule has 0 unspecified atom stereocenters. The van der Waals surface area contributed by atoms with Crippen LogP contribution in [0, 0.1) is 0 Å². The summed E-state index contributed by atoms with van der Waals surface area (Å²) < 4.78 is 5.08. The second-order valence-corrected chi connectivity index (χ2v) is 6.42. The number of aromatic hydroxyl groups is 1. The number of aryl methyl sites for hydroxylation is 2. The number of fused-ring (bicyclic) bond motifs is 1. The molecule has 0 aromatic heterocycles. The third-order valence-electron chi connectivity index (χ3n) is 4.40. The van der Waals surface area contributed by atoms with Crippen LogP contribution in [0.15, 0.2) is 72.8 Å². The lowest BCUT2D eigenvalue weighted by Crippen LogP contribution is -2.07. The van der Waals surface area contributed by atoms with E-state index in [-0.39, 0.29) is 0 Å². The molecule has 27 heavy (non-hydrogen) atoms. The lowest BCUT2D eigenvalue weighted by Gasteiger charge is -2.18. The molecule has 0 amide bonds. The Morgan fingerprint density at radius 2 is 1.63 bits per heavy atom. The first-order chi connectivity index (χ1) is 13.1. The Balaban J connectivity index is 0.000000216. The molecule has 1 aliphatic heterocycles. The van der Waals surface area contributed by atoms with E-state index >= 15 is 0 Å². The first-order valence-corrected chi connectivity index (χ1v) is 8.92. The van der Waals surface area contributed by atoms with Gasteiger partial charge in [-0.15, -0.1) is 0 Å². The van der Waals surface area contributed by atoms with Gasteiger partial charge in [0.25, 0.3) is 0 Å². The first-order valence-electron chi connectivity index (χ1n) is 8.92. The van der Waals surface area contributed by atoms with E-state index in [9.17, 15) is 9.90 Å². The highest BCUT2D eigenvalue weighted by Gasteiger charge is 2.10. The Labute approximate surface area is 158 Å². The van der Waals surface area contributed by atoms with E-state index < -0.39 is 5.97 Å². The molecule has 3 aromatic rings. The van der Waals surface area contributed by atoms with Crippen LogP contribution in [0.25, 0.3) is 0 Å². The highest BCUT2D eigenvalue weighted by molar-refractivity contribution is 5.87. The van der Waals surface area contributed by atoms with Crippen molar-refractivity contribution in [2.24, 2.45) is 0 Å². The quantitative estimate of drug-likeness (QED) is 0.681. The average molecular weight is 362 g/mol. The van der Waals surface area contributed by atoms with Crippen LogP contribution in [0.2, 0.25) is 0 Å². The molecule has 2 N–H and O–H groups in total. The van der Waals surface area contributed by atoms with Crippen LogP contribution < -0.4 is 4.74 Å².